The van der Waals surface area contributed by atoms with Crippen molar-refractivity contribution in [3.05, 3.63) is 73.7 Å². The van der Waals surface area contributed by atoms with Crippen LogP contribution in [0.5, 0.6) is 0 Å². The number of pyridine rings is 2. The number of benzene rings is 1. The third kappa shape index (κ3) is 4.25. The summed E-state index contributed by atoms with van der Waals surface area (Å²) in [6, 6.07) is 6.09. The number of halogens is 3. The molecule has 0 saturated heterocycles. The van der Waals surface area contributed by atoms with Gasteiger partial charge in [0.1, 0.15) is 11.9 Å². The van der Waals surface area contributed by atoms with E-state index in [0.29, 0.717) is 17.0 Å². The number of non-ortho nitro benzene ring substituents is 1. The van der Waals surface area contributed by atoms with Crippen molar-refractivity contribution in [2.45, 2.75) is 39.0 Å². The number of anilines is 1. The Labute approximate surface area is 180 Å². The van der Waals surface area contributed by atoms with E-state index in [2.05, 4.69) is 10.3 Å². The molecule has 1 aromatic carbocycles. The number of nitrogens with zero attached hydrogens (tertiary/aromatic N) is 4. The van der Waals surface area contributed by atoms with Crippen molar-refractivity contribution in [1.29, 1.82) is 5.26 Å². The number of hydrogen-bond donors (Lipinski definition) is 1. The number of hydrogen-bond acceptors (Lipinski definition) is 6. The first-order chi connectivity index (χ1) is 14.9. The van der Waals surface area contributed by atoms with Gasteiger partial charge in [-0.25, -0.2) is 4.98 Å². The summed E-state index contributed by atoms with van der Waals surface area (Å²) in [6.45, 7) is 5.09. The van der Waals surface area contributed by atoms with Gasteiger partial charge in [-0.1, -0.05) is 0 Å². The van der Waals surface area contributed by atoms with Gasteiger partial charge in [-0.05, 0) is 38.5 Å². The minimum atomic E-state index is -4.76. The summed E-state index contributed by atoms with van der Waals surface area (Å²) in [5.74, 6) is 0.223. The molecule has 0 aliphatic carbocycles. The van der Waals surface area contributed by atoms with E-state index in [1.807, 2.05) is 6.07 Å². The Bertz CT molecular complexity index is 1310. The molecule has 0 unspecified atom stereocenters. The first kappa shape index (κ1) is 22.7. The van der Waals surface area contributed by atoms with Crippen molar-refractivity contribution in [3.8, 4) is 6.07 Å². The lowest BCUT2D eigenvalue weighted by molar-refractivity contribution is -0.385. The Hall–Kier alpha value is -3.94. The van der Waals surface area contributed by atoms with Crippen LogP contribution in [0.3, 0.4) is 0 Å². The van der Waals surface area contributed by atoms with Gasteiger partial charge in [0.2, 0.25) is 0 Å². The molecule has 0 radical (unpaired) electrons. The second-order valence-corrected chi connectivity index (χ2v) is 7.46. The average molecular weight is 445 g/mol. The molecule has 0 amide bonds. The highest BCUT2D eigenvalue weighted by Crippen LogP contribution is 2.35. The normalized spacial score (nSPS) is 12.6. The van der Waals surface area contributed by atoms with Gasteiger partial charge in [-0.15, -0.1) is 0 Å². The van der Waals surface area contributed by atoms with Crippen molar-refractivity contribution in [2.75, 3.05) is 5.32 Å². The lowest BCUT2D eigenvalue weighted by Crippen LogP contribution is -2.22. The number of rotatable bonds is 5. The van der Waals surface area contributed by atoms with Gasteiger partial charge in [-0.3, -0.25) is 14.9 Å². The van der Waals surface area contributed by atoms with Crippen LogP contribution in [-0.2, 0) is 6.18 Å². The Morgan fingerprint density at radius 3 is 2.47 bits per heavy atom. The van der Waals surface area contributed by atoms with Crippen molar-refractivity contribution < 1.29 is 18.1 Å². The van der Waals surface area contributed by atoms with Gasteiger partial charge in [0, 0.05) is 35.8 Å². The number of fused-ring (bicyclic) bond motifs is 1. The highest BCUT2D eigenvalue weighted by molar-refractivity contribution is 5.93. The zero-order chi connectivity index (χ0) is 23.8. The van der Waals surface area contributed by atoms with Crippen LogP contribution in [0, 0.1) is 21.4 Å². The highest BCUT2D eigenvalue weighted by atomic mass is 19.4. The van der Waals surface area contributed by atoms with Crippen LogP contribution in [0.15, 0.2) is 41.3 Å². The van der Waals surface area contributed by atoms with E-state index in [4.69, 9.17) is 0 Å². The molecule has 0 spiro atoms. The second kappa shape index (κ2) is 8.30. The molecular formula is C21H18F3N5O3. The largest absolute Gasteiger partial charge is 0.416 e. The van der Waals surface area contributed by atoms with Crippen LogP contribution in [0.1, 0.15) is 49.5 Å². The van der Waals surface area contributed by atoms with Gasteiger partial charge in [0.25, 0.3) is 11.2 Å². The second-order valence-electron chi connectivity index (χ2n) is 7.46. The van der Waals surface area contributed by atoms with Gasteiger partial charge in [0.15, 0.2) is 0 Å². The Morgan fingerprint density at radius 2 is 1.91 bits per heavy atom. The first-order valence-electron chi connectivity index (χ1n) is 9.51. The van der Waals surface area contributed by atoms with Crippen LogP contribution in [0.25, 0.3) is 10.9 Å². The molecule has 32 heavy (non-hydrogen) atoms. The molecule has 1 atom stereocenters. The number of nitrogens with one attached hydrogen (secondary N) is 1. The van der Waals surface area contributed by atoms with Crippen LogP contribution >= 0.6 is 0 Å². The standard InChI is InChI=1S/C21H18F3N5O3/c1-11(2)28-18(30)5-4-17-19(28)14(9-25)10-26-20(17)27-12(3)13-6-15(21(22,23)24)8-16(7-13)29(31)32/h4-8,10-12H,1-3H3,(H,26,27)/t12-/m1/s1. The van der Waals surface area contributed by atoms with E-state index < -0.39 is 28.4 Å². The zero-order valence-electron chi connectivity index (χ0n) is 17.3. The van der Waals surface area contributed by atoms with Crippen molar-refractivity contribution in [3.63, 3.8) is 0 Å². The van der Waals surface area contributed by atoms with E-state index in [1.54, 1.807) is 13.8 Å². The Kier molecular flexibility index (Phi) is 5.90. The average Bonchev–Trinajstić information content (AvgIpc) is 2.72. The minimum Gasteiger partial charge on any atom is -0.363 e. The first-order valence-corrected chi connectivity index (χ1v) is 9.51. The lowest BCUT2D eigenvalue weighted by Gasteiger charge is -2.20. The number of aromatic nitrogens is 2. The number of nitro benzene ring substituents is 1. The summed E-state index contributed by atoms with van der Waals surface area (Å²) in [4.78, 5) is 26.8. The fourth-order valence-electron chi connectivity index (χ4n) is 3.43. The molecule has 0 fully saturated rings. The Morgan fingerprint density at radius 1 is 1.22 bits per heavy atom. The van der Waals surface area contributed by atoms with Crippen LogP contribution in [-0.4, -0.2) is 14.5 Å². The topological polar surface area (TPSA) is 114 Å². The van der Waals surface area contributed by atoms with Crippen LogP contribution in [0.4, 0.5) is 24.7 Å². The van der Waals surface area contributed by atoms with Crippen molar-refractivity contribution in [2.24, 2.45) is 0 Å². The van der Waals surface area contributed by atoms with E-state index in [0.717, 1.165) is 12.1 Å². The van der Waals surface area contributed by atoms with E-state index in [-0.39, 0.29) is 28.5 Å². The lowest BCUT2D eigenvalue weighted by atomic mass is 10.0. The number of nitriles is 1. The van der Waals surface area contributed by atoms with Crippen LogP contribution < -0.4 is 10.9 Å². The maximum Gasteiger partial charge on any atom is 0.416 e. The number of alkyl halides is 3. The minimum absolute atomic E-state index is 0.0306. The molecule has 0 bridgehead atoms. The smallest absolute Gasteiger partial charge is 0.363 e. The van der Waals surface area contributed by atoms with E-state index >= 15 is 0 Å². The van der Waals surface area contributed by atoms with Gasteiger partial charge in [0.05, 0.1) is 27.6 Å². The predicted octanol–water partition coefficient (Wildman–Crippen LogP) is 4.95. The molecule has 11 heteroatoms. The highest BCUT2D eigenvalue weighted by Gasteiger charge is 2.33. The maximum atomic E-state index is 13.2. The molecular weight excluding hydrogens is 427 g/mol. The molecule has 3 rings (SSSR count). The third-order valence-electron chi connectivity index (χ3n) is 4.93. The zero-order valence-corrected chi connectivity index (χ0v) is 17.3. The van der Waals surface area contributed by atoms with Crippen LogP contribution in [0.2, 0.25) is 0 Å². The van der Waals surface area contributed by atoms with E-state index in [9.17, 15) is 33.3 Å². The van der Waals surface area contributed by atoms with Crippen molar-refractivity contribution >= 4 is 22.4 Å². The van der Waals surface area contributed by atoms with Gasteiger partial charge >= 0.3 is 6.18 Å². The fraction of sp³-hybridized carbons (Fsp3) is 0.286. The molecule has 2 aromatic heterocycles. The summed E-state index contributed by atoms with van der Waals surface area (Å²) in [5, 5.41) is 24.0. The predicted molar refractivity (Wildman–Crippen MR) is 111 cm³/mol. The molecule has 2 heterocycles. The molecule has 0 aliphatic rings. The summed E-state index contributed by atoms with van der Waals surface area (Å²) in [6.07, 6.45) is -3.49. The summed E-state index contributed by atoms with van der Waals surface area (Å²) in [5.41, 5.74) is -1.60. The summed E-state index contributed by atoms with van der Waals surface area (Å²) >= 11 is 0. The quantitative estimate of drug-likeness (QED) is 0.439. The molecule has 0 saturated carbocycles. The molecule has 0 aliphatic heterocycles. The molecule has 3 aromatic rings. The fourth-order valence-corrected chi connectivity index (χ4v) is 3.43. The number of nitro groups is 1. The Balaban J connectivity index is 2.14. The molecule has 166 valence electrons. The third-order valence-corrected chi connectivity index (χ3v) is 4.93. The maximum absolute atomic E-state index is 13.2. The molecule has 1 N–H and O–H groups in total. The summed E-state index contributed by atoms with van der Waals surface area (Å²) < 4.78 is 41.1. The summed E-state index contributed by atoms with van der Waals surface area (Å²) in [7, 11) is 0. The monoisotopic (exact) mass is 445 g/mol. The van der Waals surface area contributed by atoms with Gasteiger partial charge in [-0.2, -0.15) is 18.4 Å². The van der Waals surface area contributed by atoms with Crippen molar-refractivity contribution in [1.82, 2.24) is 9.55 Å². The van der Waals surface area contributed by atoms with E-state index in [1.165, 1.54) is 29.8 Å². The SMILES string of the molecule is CC(C)n1c(=O)ccc2c(N[C@H](C)c3cc([N+](=O)[O-])cc(C(F)(F)F)c3)ncc(C#N)c21. The van der Waals surface area contributed by atoms with Gasteiger partial charge < -0.3 is 9.88 Å². The molecule has 8 nitrogen and oxygen atoms in total.